The highest BCUT2D eigenvalue weighted by atomic mass is 14.1. The van der Waals surface area contributed by atoms with E-state index in [9.17, 15) is 0 Å². The van der Waals surface area contributed by atoms with Crippen LogP contribution in [0.1, 0.15) is 59.9 Å². The van der Waals surface area contributed by atoms with Gasteiger partial charge in [0.1, 0.15) is 0 Å². The van der Waals surface area contributed by atoms with E-state index >= 15 is 0 Å². The first kappa shape index (κ1) is 15.0. The Morgan fingerprint density at radius 2 is 1.56 bits per heavy atom. The van der Waals surface area contributed by atoms with Crippen molar-refractivity contribution >= 4 is 0 Å². The predicted octanol–water partition coefficient (Wildman–Crippen LogP) is 5.60. The minimum Gasteiger partial charge on any atom is -0.103 e. The molecule has 18 heavy (non-hydrogen) atoms. The minimum atomic E-state index is 1.17. The van der Waals surface area contributed by atoms with Crippen LogP contribution in [0.2, 0.25) is 0 Å². The molecule has 0 aliphatic carbocycles. The van der Waals surface area contributed by atoms with E-state index in [1.165, 1.54) is 60.8 Å². The van der Waals surface area contributed by atoms with Crippen molar-refractivity contribution in [1.29, 1.82) is 0 Å². The molecule has 0 amide bonds. The summed E-state index contributed by atoms with van der Waals surface area (Å²) >= 11 is 0. The number of benzene rings is 1. The van der Waals surface area contributed by atoms with Crippen molar-refractivity contribution in [2.45, 2.75) is 66.2 Å². The largest absolute Gasteiger partial charge is 0.103 e. The lowest BCUT2D eigenvalue weighted by molar-refractivity contribution is 0.645. The van der Waals surface area contributed by atoms with Gasteiger partial charge in [-0.15, -0.1) is 6.58 Å². The molecule has 100 valence electrons. The summed E-state index contributed by atoms with van der Waals surface area (Å²) in [7, 11) is 0. The number of allylic oxidation sites excluding steroid dienone is 1. The molecule has 0 atom stereocenters. The summed E-state index contributed by atoms with van der Waals surface area (Å²) < 4.78 is 0. The molecule has 0 aliphatic heterocycles. The highest BCUT2D eigenvalue weighted by Gasteiger charge is 2.06. The maximum absolute atomic E-state index is 3.77. The molecule has 0 heteroatoms. The second-order valence-electron chi connectivity index (χ2n) is 5.47. The van der Waals surface area contributed by atoms with Gasteiger partial charge in [0.25, 0.3) is 0 Å². The highest BCUT2D eigenvalue weighted by molar-refractivity contribution is 5.43. The number of hydrogen-bond donors (Lipinski definition) is 0. The number of unbranched alkanes of at least 4 members (excludes halogenated alkanes) is 4. The predicted molar refractivity (Wildman–Crippen MR) is 82.4 cm³/mol. The van der Waals surface area contributed by atoms with E-state index in [1.54, 1.807) is 5.56 Å². The molecule has 0 radical (unpaired) electrons. The minimum absolute atomic E-state index is 1.17. The zero-order valence-corrected chi connectivity index (χ0v) is 12.6. The van der Waals surface area contributed by atoms with Gasteiger partial charge in [0.05, 0.1) is 0 Å². The molecule has 1 rings (SSSR count). The smallest absolute Gasteiger partial charge is 0.0276 e. The van der Waals surface area contributed by atoms with Crippen LogP contribution >= 0.6 is 0 Å². The Labute approximate surface area is 113 Å². The van der Waals surface area contributed by atoms with Crippen LogP contribution in [-0.2, 0) is 6.42 Å². The van der Waals surface area contributed by atoms with E-state index in [2.05, 4.69) is 40.3 Å². The Bertz CT molecular complexity index is 399. The molecule has 0 N–H and O–H groups in total. The van der Waals surface area contributed by atoms with Gasteiger partial charge in [-0.25, -0.2) is 0 Å². The van der Waals surface area contributed by atoms with Crippen molar-refractivity contribution in [3.05, 3.63) is 46.5 Å². The molecular weight excluding hydrogens is 216 g/mol. The Morgan fingerprint density at radius 3 is 2.22 bits per heavy atom. The van der Waals surface area contributed by atoms with Crippen LogP contribution in [0.5, 0.6) is 0 Å². The zero-order valence-electron chi connectivity index (χ0n) is 12.6. The van der Waals surface area contributed by atoms with Gasteiger partial charge in [-0.1, -0.05) is 25.0 Å². The molecule has 0 nitrogen and oxygen atoms in total. The van der Waals surface area contributed by atoms with Gasteiger partial charge in [0, 0.05) is 0 Å². The van der Waals surface area contributed by atoms with Crippen LogP contribution in [0, 0.1) is 27.7 Å². The third-order valence-electron chi connectivity index (χ3n) is 4.19. The molecule has 1 aromatic rings. The van der Waals surface area contributed by atoms with E-state index < -0.39 is 0 Å². The molecule has 0 heterocycles. The summed E-state index contributed by atoms with van der Waals surface area (Å²) in [5.41, 5.74) is 7.45. The topological polar surface area (TPSA) is 0 Å². The van der Waals surface area contributed by atoms with Crippen LogP contribution in [0.25, 0.3) is 0 Å². The highest BCUT2D eigenvalue weighted by Crippen LogP contribution is 2.22. The van der Waals surface area contributed by atoms with E-state index in [4.69, 9.17) is 0 Å². The third-order valence-corrected chi connectivity index (χ3v) is 4.19. The molecule has 0 bridgehead atoms. The van der Waals surface area contributed by atoms with Crippen molar-refractivity contribution in [3.8, 4) is 0 Å². The Morgan fingerprint density at radius 1 is 0.889 bits per heavy atom. The van der Waals surface area contributed by atoms with Crippen molar-refractivity contribution in [3.63, 3.8) is 0 Å². The lowest BCUT2D eigenvalue weighted by Crippen LogP contribution is -1.98. The molecule has 0 spiro atoms. The third kappa shape index (κ3) is 4.01. The van der Waals surface area contributed by atoms with Gasteiger partial charge in [-0.2, -0.15) is 0 Å². The summed E-state index contributed by atoms with van der Waals surface area (Å²) in [4.78, 5) is 0. The monoisotopic (exact) mass is 244 g/mol. The second-order valence-corrected chi connectivity index (χ2v) is 5.47. The number of hydrogen-bond acceptors (Lipinski definition) is 0. The first-order chi connectivity index (χ1) is 8.57. The fraction of sp³-hybridized carbons (Fsp3) is 0.556. The van der Waals surface area contributed by atoms with Crippen molar-refractivity contribution in [1.82, 2.24) is 0 Å². The Balaban J connectivity index is 2.50. The van der Waals surface area contributed by atoms with Crippen molar-refractivity contribution in [2.24, 2.45) is 0 Å². The van der Waals surface area contributed by atoms with E-state index in [-0.39, 0.29) is 0 Å². The fourth-order valence-corrected chi connectivity index (χ4v) is 2.51. The molecule has 0 fully saturated rings. The van der Waals surface area contributed by atoms with Crippen LogP contribution in [0.4, 0.5) is 0 Å². The zero-order chi connectivity index (χ0) is 13.5. The molecule has 0 saturated carbocycles. The van der Waals surface area contributed by atoms with Crippen LogP contribution in [0.15, 0.2) is 18.7 Å². The Hall–Kier alpha value is -1.04. The van der Waals surface area contributed by atoms with Gasteiger partial charge in [-0.3, -0.25) is 0 Å². The first-order valence-corrected chi connectivity index (χ1v) is 7.25. The van der Waals surface area contributed by atoms with Crippen LogP contribution in [-0.4, -0.2) is 0 Å². The molecular formula is C18H28. The summed E-state index contributed by atoms with van der Waals surface area (Å²) in [6, 6.07) is 2.39. The van der Waals surface area contributed by atoms with Crippen molar-refractivity contribution < 1.29 is 0 Å². The summed E-state index contributed by atoms with van der Waals surface area (Å²) in [5.74, 6) is 0. The van der Waals surface area contributed by atoms with Gasteiger partial charge in [0.2, 0.25) is 0 Å². The van der Waals surface area contributed by atoms with E-state index in [1.807, 2.05) is 6.08 Å². The van der Waals surface area contributed by atoms with Gasteiger partial charge in [0.15, 0.2) is 0 Å². The fourth-order valence-electron chi connectivity index (χ4n) is 2.51. The average molecular weight is 244 g/mol. The summed E-state index contributed by atoms with van der Waals surface area (Å²) in [6.45, 7) is 12.8. The Kier molecular flexibility index (Phi) is 6.18. The molecule has 0 aliphatic rings. The van der Waals surface area contributed by atoms with E-state index in [0.29, 0.717) is 0 Å². The van der Waals surface area contributed by atoms with Crippen LogP contribution in [0.3, 0.4) is 0 Å². The van der Waals surface area contributed by atoms with Crippen LogP contribution < -0.4 is 0 Å². The summed E-state index contributed by atoms with van der Waals surface area (Å²) in [5, 5.41) is 0. The quantitative estimate of drug-likeness (QED) is 0.432. The first-order valence-electron chi connectivity index (χ1n) is 7.25. The standard InChI is InChI=1S/C18H28/c1-6-7-8-9-10-11-12-18-13-14(2)15(3)16(4)17(18)5/h6,13H,1,7-12H2,2-5H3. The number of aryl methyl sites for hydroxylation is 2. The van der Waals surface area contributed by atoms with Gasteiger partial charge >= 0.3 is 0 Å². The normalized spacial score (nSPS) is 10.7. The molecule has 0 saturated heterocycles. The summed E-state index contributed by atoms with van der Waals surface area (Å²) in [6.07, 6.45) is 9.74. The lowest BCUT2D eigenvalue weighted by Gasteiger charge is -2.14. The molecule has 1 aromatic carbocycles. The average Bonchev–Trinajstić information content (AvgIpc) is 2.37. The maximum Gasteiger partial charge on any atom is -0.0276 e. The van der Waals surface area contributed by atoms with Gasteiger partial charge < -0.3 is 0 Å². The molecule has 0 unspecified atom stereocenters. The molecule has 0 aromatic heterocycles. The maximum atomic E-state index is 3.77. The number of rotatable bonds is 7. The van der Waals surface area contributed by atoms with E-state index in [0.717, 1.165) is 0 Å². The lowest BCUT2D eigenvalue weighted by atomic mass is 9.92. The van der Waals surface area contributed by atoms with Crippen molar-refractivity contribution in [2.75, 3.05) is 0 Å². The second kappa shape index (κ2) is 7.41. The van der Waals surface area contributed by atoms with Gasteiger partial charge in [-0.05, 0) is 81.2 Å². The SMILES string of the molecule is C=CCCCCCCc1cc(C)c(C)c(C)c1C.